The molecule has 0 radical (unpaired) electrons. The lowest BCUT2D eigenvalue weighted by atomic mass is 10.2. The zero-order chi connectivity index (χ0) is 11.9. The first-order chi connectivity index (χ1) is 8.38. The van der Waals surface area contributed by atoms with Gasteiger partial charge < -0.3 is 10.4 Å². The third kappa shape index (κ3) is 3.99. The van der Waals surface area contributed by atoms with E-state index in [0.717, 1.165) is 16.0 Å². The van der Waals surface area contributed by atoms with Crippen LogP contribution in [0.15, 0.2) is 34.7 Å². The van der Waals surface area contributed by atoms with Crippen molar-refractivity contribution in [2.45, 2.75) is 10.9 Å². The first-order valence-electron chi connectivity index (χ1n) is 5.23. The summed E-state index contributed by atoms with van der Waals surface area (Å²) in [6.07, 6.45) is 0. The molecule has 0 aliphatic heterocycles. The number of aliphatic hydroxyl groups is 1. The molecule has 1 aromatic heterocycles. The van der Waals surface area contributed by atoms with Crippen LogP contribution in [0, 0.1) is 0 Å². The molecule has 0 atom stereocenters. The fourth-order valence-corrected chi connectivity index (χ4v) is 2.81. The first-order valence-corrected chi connectivity index (χ1v) is 7.03. The van der Waals surface area contributed by atoms with Crippen molar-refractivity contribution in [3.05, 3.63) is 35.9 Å². The minimum atomic E-state index is 0.164. The normalized spacial score (nSPS) is 10.4. The molecule has 2 aromatic rings. The van der Waals surface area contributed by atoms with Gasteiger partial charge >= 0.3 is 0 Å². The van der Waals surface area contributed by atoms with E-state index in [2.05, 4.69) is 27.6 Å². The van der Waals surface area contributed by atoms with Crippen molar-refractivity contribution < 1.29 is 5.11 Å². The smallest absolute Gasteiger partial charge is 0.206 e. The SMILES string of the molecule is OCCSc1nnc(NCc2ccccc2)s1. The lowest BCUT2D eigenvalue weighted by molar-refractivity contribution is 0.322. The molecule has 90 valence electrons. The van der Waals surface area contributed by atoms with Crippen molar-refractivity contribution in [2.24, 2.45) is 0 Å². The molecule has 2 N–H and O–H groups in total. The molecule has 1 aromatic carbocycles. The van der Waals surface area contributed by atoms with Crippen LogP contribution in [0.2, 0.25) is 0 Å². The van der Waals surface area contributed by atoms with Gasteiger partial charge in [0, 0.05) is 12.3 Å². The van der Waals surface area contributed by atoms with Gasteiger partial charge in [-0.15, -0.1) is 10.2 Å². The van der Waals surface area contributed by atoms with Crippen LogP contribution in [0.25, 0.3) is 0 Å². The fourth-order valence-electron chi connectivity index (χ4n) is 1.25. The highest BCUT2D eigenvalue weighted by Crippen LogP contribution is 2.25. The van der Waals surface area contributed by atoms with Crippen LogP contribution in [0.1, 0.15) is 5.56 Å². The third-order valence-electron chi connectivity index (χ3n) is 2.01. The quantitative estimate of drug-likeness (QED) is 0.786. The zero-order valence-corrected chi connectivity index (χ0v) is 10.8. The molecule has 0 aliphatic carbocycles. The number of aromatic nitrogens is 2. The van der Waals surface area contributed by atoms with Crippen molar-refractivity contribution in [1.82, 2.24) is 10.2 Å². The van der Waals surface area contributed by atoms with E-state index in [0.29, 0.717) is 5.75 Å². The highest BCUT2D eigenvalue weighted by molar-refractivity contribution is 8.01. The number of nitrogens with zero attached hydrogens (tertiary/aromatic N) is 2. The Kier molecular flexibility index (Phi) is 4.78. The number of aliphatic hydroxyl groups excluding tert-OH is 1. The monoisotopic (exact) mass is 267 g/mol. The van der Waals surface area contributed by atoms with Crippen LogP contribution < -0.4 is 5.32 Å². The second-order valence-electron chi connectivity index (χ2n) is 3.28. The standard InChI is InChI=1S/C11H13N3OS2/c15-6-7-16-11-14-13-10(17-11)12-8-9-4-2-1-3-5-9/h1-5,15H,6-8H2,(H,12,13). The number of hydrogen-bond acceptors (Lipinski definition) is 6. The number of thioether (sulfide) groups is 1. The molecule has 17 heavy (non-hydrogen) atoms. The van der Waals surface area contributed by atoms with E-state index in [1.165, 1.54) is 28.7 Å². The minimum Gasteiger partial charge on any atom is -0.396 e. The molecule has 0 aliphatic rings. The van der Waals surface area contributed by atoms with Crippen LogP contribution in [-0.4, -0.2) is 27.7 Å². The molecule has 6 heteroatoms. The van der Waals surface area contributed by atoms with Crippen molar-refractivity contribution in [3.63, 3.8) is 0 Å². The van der Waals surface area contributed by atoms with E-state index in [1.807, 2.05) is 18.2 Å². The van der Waals surface area contributed by atoms with Crippen LogP contribution in [0.4, 0.5) is 5.13 Å². The van der Waals surface area contributed by atoms with Gasteiger partial charge in [-0.1, -0.05) is 53.4 Å². The molecule has 4 nitrogen and oxygen atoms in total. The van der Waals surface area contributed by atoms with Gasteiger partial charge in [-0.3, -0.25) is 0 Å². The number of benzene rings is 1. The Hall–Kier alpha value is -1.11. The Morgan fingerprint density at radius 2 is 2.06 bits per heavy atom. The molecule has 0 bridgehead atoms. The largest absolute Gasteiger partial charge is 0.396 e. The van der Waals surface area contributed by atoms with Gasteiger partial charge in [-0.25, -0.2) is 0 Å². The van der Waals surface area contributed by atoms with Gasteiger partial charge in [0.05, 0.1) is 6.61 Å². The maximum Gasteiger partial charge on any atom is 0.206 e. The first kappa shape index (κ1) is 12.3. The van der Waals surface area contributed by atoms with Crippen LogP contribution in [0.5, 0.6) is 0 Å². The van der Waals surface area contributed by atoms with E-state index in [-0.39, 0.29) is 6.61 Å². The van der Waals surface area contributed by atoms with Gasteiger partial charge in [0.15, 0.2) is 4.34 Å². The van der Waals surface area contributed by atoms with Crippen molar-refractivity contribution in [1.29, 1.82) is 0 Å². The van der Waals surface area contributed by atoms with Crippen LogP contribution in [-0.2, 0) is 6.54 Å². The Morgan fingerprint density at radius 1 is 1.24 bits per heavy atom. The Morgan fingerprint density at radius 3 is 2.82 bits per heavy atom. The lowest BCUT2D eigenvalue weighted by Crippen LogP contribution is -1.98. The Labute approximate surface area is 108 Å². The van der Waals surface area contributed by atoms with Gasteiger partial charge in [-0.2, -0.15) is 0 Å². The number of anilines is 1. The zero-order valence-electron chi connectivity index (χ0n) is 9.17. The van der Waals surface area contributed by atoms with E-state index in [9.17, 15) is 0 Å². The van der Waals surface area contributed by atoms with Crippen molar-refractivity contribution in [3.8, 4) is 0 Å². The minimum absolute atomic E-state index is 0.164. The summed E-state index contributed by atoms with van der Waals surface area (Å²) >= 11 is 3.03. The highest BCUT2D eigenvalue weighted by atomic mass is 32.2. The van der Waals surface area contributed by atoms with E-state index in [4.69, 9.17) is 5.11 Å². The fraction of sp³-hybridized carbons (Fsp3) is 0.273. The second-order valence-corrected chi connectivity index (χ2v) is 5.60. The third-order valence-corrected chi connectivity index (χ3v) is 4.00. The molecule has 1 heterocycles. The number of hydrogen-bond donors (Lipinski definition) is 2. The summed E-state index contributed by atoms with van der Waals surface area (Å²) in [7, 11) is 0. The summed E-state index contributed by atoms with van der Waals surface area (Å²) in [4.78, 5) is 0. The van der Waals surface area contributed by atoms with Gasteiger partial charge in [0.25, 0.3) is 0 Å². The highest BCUT2D eigenvalue weighted by Gasteiger charge is 2.03. The van der Waals surface area contributed by atoms with Crippen LogP contribution in [0.3, 0.4) is 0 Å². The molecule has 0 saturated heterocycles. The molecule has 0 saturated carbocycles. The molecule has 0 spiro atoms. The molecule has 0 fully saturated rings. The molecule has 0 amide bonds. The predicted molar refractivity (Wildman–Crippen MR) is 71.5 cm³/mol. The molecule has 0 unspecified atom stereocenters. The van der Waals surface area contributed by atoms with Crippen LogP contribution >= 0.6 is 23.1 Å². The maximum absolute atomic E-state index is 8.71. The van der Waals surface area contributed by atoms with Gasteiger partial charge in [0.2, 0.25) is 5.13 Å². The lowest BCUT2D eigenvalue weighted by Gasteiger charge is -2.00. The Balaban J connectivity index is 1.85. The summed E-state index contributed by atoms with van der Waals surface area (Å²) in [5, 5.41) is 20.8. The maximum atomic E-state index is 8.71. The summed E-state index contributed by atoms with van der Waals surface area (Å²) in [5.74, 6) is 0.660. The second kappa shape index (κ2) is 6.58. The van der Waals surface area contributed by atoms with Crippen molar-refractivity contribution >= 4 is 28.2 Å². The average Bonchev–Trinajstić information content (AvgIpc) is 2.83. The van der Waals surface area contributed by atoms with Gasteiger partial charge in [0.1, 0.15) is 0 Å². The average molecular weight is 267 g/mol. The topological polar surface area (TPSA) is 58.0 Å². The molecular weight excluding hydrogens is 254 g/mol. The number of rotatable bonds is 6. The van der Waals surface area contributed by atoms with E-state index in [1.54, 1.807) is 0 Å². The summed E-state index contributed by atoms with van der Waals surface area (Å²) in [6, 6.07) is 10.2. The summed E-state index contributed by atoms with van der Waals surface area (Å²) in [5.41, 5.74) is 1.22. The van der Waals surface area contributed by atoms with Gasteiger partial charge in [-0.05, 0) is 5.56 Å². The predicted octanol–water partition coefficient (Wildman–Crippen LogP) is 2.23. The van der Waals surface area contributed by atoms with E-state index < -0.39 is 0 Å². The van der Waals surface area contributed by atoms with Crippen molar-refractivity contribution in [2.75, 3.05) is 17.7 Å². The summed E-state index contributed by atoms with van der Waals surface area (Å²) in [6.45, 7) is 0.914. The Bertz CT molecular complexity index is 447. The van der Waals surface area contributed by atoms with E-state index >= 15 is 0 Å². The number of nitrogens with one attached hydrogen (secondary N) is 1. The molecular formula is C11H13N3OS2. The summed E-state index contributed by atoms with van der Waals surface area (Å²) < 4.78 is 0.884. The molecule has 2 rings (SSSR count).